The van der Waals surface area contributed by atoms with Gasteiger partial charge in [0.25, 0.3) is 0 Å². The van der Waals surface area contributed by atoms with Crippen molar-refractivity contribution >= 4 is 29.4 Å². The van der Waals surface area contributed by atoms with Crippen LogP contribution in [0.1, 0.15) is 10.4 Å². The number of anilines is 2. The predicted octanol–water partition coefficient (Wildman–Crippen LogP) is 2.83. The number of hydrogen-bond acceptors (Lipinski definition) is 4. The first-order valence-corrected chi connectivity index (χ1v) is 5.07. The molecule has 6 heteroatoms. The molecule has 2 rings (SSSR count). The summed E-state index contributed by atoms with van der Waals surface area (Å²) in [6, 6.07) is 5.65. The van der Waals surface area contributed by atoms with E-state index in [1.165, 1.54) is 30.6 Å². The van der Waals surface area contributed by atoms with Crippen LogP contribution in [0.3, 0.4) is 0 Å². The minimum absolute atomic E-state index is 0.0691. The van der Waals surface area contributed by atoms with E-state index >= 15 is 0 Å². The average molecular weight is 252 g/mol. The van der Waals surface area contributed by atoms with Crippen LogP contribution in [0.2, 0.25) is 5.15 Å². The Morgan fingerprint density at radius 3 is 2.59 bits per heavy atom. The van der Waals surface area contributed by atoms with Crippen molar-refractivity contribution < 1.29 is 9.18 Å². The van der Waals surface area contributed by atoms with Crippen molar-refractivity contribution in [3.05, 3.63) is 47.1 Å². The fourth-order valence-electron chi connectivity index (χ4n) is 1.25. The van der Waals surface area contributed by atoms with Gasteiger partial charge in [0.1, 0.15) is 23.1 Å². The van der Waals surface area contributed by atoms with Crippen LogP contribution in [0.15, 0.2) is 30.6 Å². The molecule has 4 nitrogen and oxygen atoms in total. The number of aldehydes is 1. The Morgan fingerprint density at radius 2 is 1.94 bits per heavy atom. The van der Waals surface area contributed by atoms with Gasteiger partial charge in [0, 0.05) is 5.69 Å². The summed E-state index contributed by atoms with van der Waals surface area (Å²) in [5, 5.41) is 2.93. The van der Waals surface area contributed by atoms with Crippen molar-refractivity contribution in [2.45, 2.75) is 0 Å². The maximum Gasteiger partial charge on any atom is 0.156 e. The fourth-order valence-corrected chi connectivity index (χ4v) is 1.43. The van der Waals surface area contributed by atoms with Gasteiger partial charge < -0.3 is 5.32 Å². The molecule has 17 heavy (non-hydrogen) atoms. The minimum atomic E-state index is -0.341. The zero-order chi connectivity index (χ0) is 12.3. The number of halogens is 2. The maximum absolute atomic E-state index is 12.7. The van der Waals surface area contributed by atoms with Crippen molar-refractivity contribution in [1.82, 2.24) is 9.97 Å². The Labute approximate surface area is 101 Å². The van der Waals surface area contributed by atoms with Gasteiger partial charge in [-0.25, -0.2) is 14.4 Å². The Morgan fingerprint density at radius 1 is 1.24 bits per heavy atom. The molecule has 1 aromatic heterocycles. The molecule has 1 aromatic carbocycles. The zero-order valence-electron chi connectivity index (χ0n) is 8.52. The van der Waals surface area contributed by atoms with Crippen LogP contribution in [0.25, 0.3) is 0 Å². The molecule has 0 aliphatic rings. The standard InChI is InChI=1S/C11H7ClFN3O/c12-10-9(5-17)11(15-6-14-10)16-8-3-1-7(13)2-4-8/h1-6H,(H,14,15,16). The molecule has 0 aliphatic heterocycles. The summed E-state index contributed by atoms with van der Waals surface area (Å²) in [6.45, 7) is 0. The lowest BCUT2D eigenvalue weighted by Crippen LogP contribution is -2.00. The topological polar surface area (TPSA) is 54.9 Å². The molecule has 0 unspecified atom stereocenters. The molecule has 0 fully saturated rings. The van der Waals surface area contributed by atoms with Gasteiger partial charge in [0.2, 0.25) is 0 Å². The number of benzene rings is 1. The second kappa shape index (κ2) is 4.88. The summed E-state index contributed by atoms with van der Waals surface area (Å²) in [5.41, 5.74) is 0.766. The second-order valence-corrected chi connectivity index (χ2v) is 3.53. The molecule has 0 atom stereocenters. The van der Waals surface area contributed by atoms with Crippen LogP contribution < -0.4 is 5.32 Å². The summed E-state index contributed by atoms with van der Waals surface area (Å²) >= 11 is 5.74. The van der Waals surface area contributed by atoms with E-state index in [1.54, 1.807) is 0 Å². The van der Waals surface area contributed by atoms with E-state index in [0.717, 1.165) is 0 Å². The molecule has 1 heterocycles. The molecule has 1 N–H and O–H groups in total. The van der Waals surface area contributed by atoms with E-state index < -0.39 is 0 Å². The summed E-state index contributed by atoms with van der Waals surface area (Å²) in [4.78, 5) is 18.4. The summed E-state index contributed by atoms with van der Waals surface area (Å²) in [6.07, 6.45) is 1.80. The Bertz CT molecular complexity index is 545. The Kier molecular flexibility index (Phi) is 3.30. The molecule has 0 saturated carbocycles. The zero-order valence-corrected chi connectivity index (χ0v) is 9.28. The van der Waals surface area contributed by atoms with E-state index in [-0.39, 0.29) is 22.4 Å². The molecular weight excluding hydrogens is 245 g/mol. The third kappa shape index (κ3) is 2.57. The predicted molar refractivity (Wildman–Crippen MR) is 62.1 cm³/mol. The van der Waals surface area contributed by atoms with Gasteiger partial charge in [0.15, 0.2) is 6.29 Å². The van der Waals surface area contributed by atoms with Gasteiger partial charge in [-0.1, -0.05) is 11.6 Å². The lowest BCUT2D eigenvalue weighted by Gasteiger charge is -2.07. The Balaban J connectivity index is 2.33. The summed E-state index contributed by atoms with van der Waals surface area (Å²) < 4.78 is 12.7. The van der Waals surface area contributed by atoms with Gasteiger partial charge in [-0.2, -0.15) is 0 Å². The largest absolute Gasteiger partial charge is 0.339 e. The molecule has 0 aliphatic carbocycles. The first kappa shape index (κ1) is 11.5. The Hall–Kier alpha value is -2.01. The third-order valence-corrected chi connectivity index (χ3v) is 2.36. The van der Waals surface area contributed by atoms with Gasteiger partial charge in [0.05, 0.1) is 5.56 Å². The number of carbonyl (C=O) groups excluding carboxylic acids is 1. The highest BCUT2D eigenvalue weighted by atomic mass is 35.5. The number of carbonyl (C=O) groups is 1. The number of hydrogen-bond donors (Lipinski definition) is 1. The van der Waals surface area contributed by atoms with E-state index in [4.69, 9.17) is 11.6 Å². The molecule has 0 bridgehead atoms. The van der Waals surface area contributed by atoms with Gasteiger partial charge in [-0.05, 0) is 24.3 Å². The monoisotopic (exact) mass is 251 g/mol. The van der Waals surface area contributed by atoms with Crippen LogP contribution in [0.5, 0.6) is 0 Å². The first-order chi connectivity index (χ1) is 8.20. The molecule has 86 valence electrons. The normalized spacial score (nSPS) is 10.0. The first-order valence-electron chi connectivity index (χ1n) is 4.69. The maximum atomic E-state index is 12.7. The van der Waals surface area contributed by atoms with E-state index in [2.05, 4.69) is 15.3 Å². The van der Waals surface area contributed by atoms with Crippen LogP contribution in [-0.2, 0) is 0 Å². The van der Waals surface area contributed by atoms with Gasteiger partial charge in [-0.3, -0.25) is 4.79 Å². The third-order valence-electron chi connectivity index (χ3n) is 2.06. The van der Waals surface area contributed by atoms with E-state index in [0.29, 0.717) is 12.0 Å². The van der Waals surface area contributed by atoms with Crippen molar-refractivity contribution in [1.29, 1.82) is 0 Å². The number of rotatable bonds is 3. The molecular formula is C11H7ClFN3O. The molecule has 0 amide bonds. The van der Waals surface area contributed by atoms with Gasteiger partial charge in [-0.15, -0.1) is 0 Å². The van der Waals surface area contributed by atoms with Crippen molar-refractivity contribution in [2.24, 2.45) is 0 Å². The highest BCUT2D eigenvalue weighted by molar-refractivity contribution is 6.32. The molecule has 0 radical (unpaired) electrons. The lowest BCUT2D eigenvalue weighted by atomic mass is 10.3. The number of nitrogens with one attached hydrogen (secondary N) is 1. The van der Waals surface area contributed by atoms with Crippen molar-refractivity contribution in [3.63, 3.8) is 0 Å². The summed E-state index contributed by atoms with van der Waals surface area (Å²) in [7, 11) is 0. The van der Waals surface area contributed by atoms with E-state index in [9.17, 15) is 9.18 Å². The quantitative estimate of drug-likeness (QED) is 0.673. The van der Waals surface area contributed by atoms with Crippen LogP contribution in [-0.4, -0.2) is 16.3 Å². The molecule has 0 saturated heterocycles. The van der Waals surface area contributed by atoms with E-state index in [1.807, 2.05) is 0 Å². The second-order valence-electron chi connectivity index (χ2n) is 3.18. The molecule has 2 aromatic rings. The van der Waals surface area contributed by atoms with Crippen LogP contribution in [0.4, 0.5) is 15.9 Å². The van der Waals surface area contributed by atoms with Crippen molar-refractivity contribution in [3.8, 4) is 0 Å². The van der Waals surface area contributed by atoms with Crippen LogP contribution >= 0.6 is 11.6 Å². The smallest absolute Gasteiger partial charge is 0.156 e. The highest BCUT2D eigenvalue weighted by Crippen LogP contribution is 2.21. The summed E-state index contributed by atoms with van der Waals surface area (Å²) in [5.74, 6) is -0.0570. The minimum Gasteiger partial charge on any atom is -0.339 e. The van der Waals surface area contributed by atoms with Crippen LogP contribution in [0, 0.1) is 5.82 Å². The van der Waals surface area contributed by atoms with Gasteiger partial charge >= 0.3 is 0 Å². The number of aromatic nitrogens is 2. The molecule has 0 spiro atoms. The highest BCUT2D eigenvalue weighted by Gasteiger charge is 2.08. The van der Waals surface area contributed by atoms with Crippen molar-refractivity contribution in [2.75, 3.05) is 5.32 Å². The fraction of sp³-hybridized carbons (Fsp3) is 0. The average Bonchev–Trinajstić information content (AvgIpc) is 2.32. The SMILES string of the molecule is O=Cc1c(Cl)ncnc1Nc1ccc(F)cc1. The number of nitrogens with zero attached hydrogens (tertiary/aromatic N) is 2. The lowest BCUT2D eigenvalue weighted by molar-refractivity contribution is 0.112.